The Bertz CT molecular complexity index is 352. The van der Waals surface area contributed by atoms with Crippen molar-refractivity contribution in [3.8, 4) is 11.5 Å². The third-order valence-electron chi connectivity index (χ3n) is 3.11. The number of hydrogen-bond acceptors (Lipinski definition) is 3. The molecule has 102 valence electrons. The number of nitrogens with one attached hydrogen (secondary N) is 1. The summed E-state index contributed by atoms with van der Waals surface area (Å²) in [6.45, 7) is 5.30. The van der Waals surface area contributed by atoms with E-state index in [0.717, 1.165) is 24.5 Å². The van der Waals surface area contributed by atoms with Gasteiger partial charge < -0.3 is 14.8 Å². The lowest BCUT2D eigenvalue weighted by atomic mass is 9.99. The van der Waals surface area contributed by atoms with E-state index in [1.165, 1.54) is 18.4 Å². The van der Waals surface area contributed by atoms with Crippen LogP contribution in [0.4, 0.5) is 0 Å². The fourth-order valence-corrected chi connectivity index (χ4v) is 2.13. The standard InChI is InChI=1S/C15H25NO2/c1-5-7-8-14(16-6-2)13-11-12(17-3)9-10-15(13)18-4/h9-11,14,16H,5-8H2,1-4H3. The van der Waals surface area contributed by atoms with Crippen LogP contribution in [0.1, 0.15) is 44.7 Å². The van der Waals surface area contributed by atoms with Gasteiger partial charge in [0, 0.05) is 11.6 Å². The molecule has 0 saturated heterocycles. The molecule has 3 heteroatoms. The van der Waals surface area contributed by atoms with Gasteiger partial charge >= 0.3 is 0 Å². The van der Waals surface area contributed by atoms with Crippen molar-refractivity contribution in [3.63, 3.8) is 0 Å². The molecule has 0 fully saturated rings. The molecule has 1 aromatic carbocycles. The van der Waals surface area contributed by atoms with E-state index in [1.54, 1.807) is 14.2 Å². The summed E-state index contributed by atoms with van der Waals surface area (Å²) in [5.74, 6) is 1.81. The molecule has 0 bridgehead atoms. The molecule has 0 heterocycles. The van der Waals surface area contributed by atoms with Gasteiger partial charge in [0.1, 0.15) is 11.5 Å². The molecule has 0 amide bonds. The van der Waals surface area contributed by atoms with E-state index in [4.69, 9.17) is 9.47 Å². The van der Waals surface area contributed by atoms with Gasteiger partial charge in [-0.15, -0.1) is 0 Å². The van der Waals surface area contributed by atoms with Crippen molar-refractivity contribution in [1.82, 2.24) is 5.32 Å². The molecule has 1 rings (SSSR count). The summed E-state index contributed by atoms with van der Waals surface area (Å²) in [6.07, 6.45) is 3.53. The lowest BCUT2D eigenvalue weighted by Crippen LogP contribution is -2.21. The molecule has 0 spiro atoms. The predicted octanol–water partition coefficient (Wildman–Crippen LogP) is 3.54. The number of ether oxygens (including phenoxy) is 2. The van der Waals surface area contributed by atoms with Crippen molar-refractivity contribution in [2.45, 2.75) is 39.2 Å². The average Bonchev–Trinajstić information content (AvgIpc) is 2.42. The Hall–Kier alpha value is -1.22. The van der Waals surface area contributed by atoms with Gasteiger partial charge in [-0.2, -0.15) is 0 Å². The van der Waals surface area contributed by atoms with Crippen LogP contribution in [0.2, 0.25) is 0 Å². The van der Waals surface area contributed by atoms with E-state index in [0.29, 0.717) is 6.04 Å². The molecule has 1 unspecified atom stereocenters. The quantitative estimate of drug-likeness (QED) is 0.766. The van der Waals surface area contributed by atoms with Crippen LogP contribution in [0.5, 0.6) is 11.5 Å². The maximum absolute atomic E-state index is 5.46. The first kappa shape index (κ1) is 14.8. The van der Waals surface area contributed by atoms with Crippen LogP contribution in [-0.4, -0.2) is 20.8 Å². The topological polar surface area (TPSA) is 30.5 Å². The van der Waals surface area contributed by atoms with E-state index in [-0.39, 0.29) is 0 Å². The Morgan fingerprint density at radius 3 is 2.50 bits per heavy atom. The Morgan fingerprint density at radius 1 is 1.17 bits per heavy atom. The van der Waals surface area contributed by atoms with Gasteiger partial charge in [0.05, 0.1) is 14.2 Å². The van der Waals surface area contributed by atoms with E-state index < -0.39 is 0 Å². The smallest absolute Gasteiger partial charge is 0.123 e. The predicted molar refractivity (Wildman–Crippen MR) is 75.5 cm³/mol. The molecule has 0 aliphatic heterocycles. The van der Waals surface area contributed by atoms with Crippen LogP contribution in [-0.2, 0) is 0 Å². The zero-order valence-corrected chi connectivity index (χ0v) is 12.0. The summed E-state index contributed by atoms with van der Waals surface area (Å²) in [5, 5.41) is 3.52. The van der Waals surface area contributed by atoms with Gasteiger partial charge in [0.2, 0.25) is 0 Å². The fraction of sp³-hybridized carbons (Fsp3) is 0.600. The molecule has 3 nitrogen and oxygen atoms in total. The van der Waals surface area contributed by atoms with Crippen molar-refractivity contribution in [3.05, 3.63) is 23.8 Å². The van der Waals surface area contributed by atoms with Gasteiger partial charge in [-0.25, -0.2) is 0 Å². The highest BCUT2D eigenvalue weighted by Gasteiger charge is 2.15. The molecule has 0 aromatic heterocycles. The summed E-state index contributed by atoms with van der Waals surface area (Å²) >= 11 is 0. The minimum atomic E-state index is 0.333. The second-order valence-corrected chi connectivity index (χ2v) is 4.36. The molecule has 0 aliphatic carbocycles. The second kappa shape index (κ2) is 7.98. The van der Waals surface area contributed by atoms with Crippen LogP contribution in [0, 0.1) is 0 Å². The van der Waals surface area contributed by atoms with Gasteiger partial charge in [0.15, 0.2) is 0 Å². The lowest BCUT2D eigenvalue weighted by Gasteiger charge is -2.21. The number of hydrogen-bond donors (Lipinski definition) is 1. The largest absolute Gasteiger partial charge is 0.497 e. The molecular formula is C15H25NO2. The number of unbranched alkanes of at least 4 members (excludes halogenated alkanes) is 1. The first-order valence-corrected chi connectivity index (χ1v) is 6.72. The minimum Gasteiger partial charge on any atom is -0.497 e. The number of benzene rings is 1. The fourth-order valence-electron chi connectivity index (χ4n) is 2.13. The summed E-state index contributed by atoms with van der Waals surface area (Å²) < 4.78 is 10.8. The SMILES string of the molecule is CCCCC(NCC)c1cc(OC)ccc1OC. The van der Waals surface area contributed by atoms with Crippen molar-refractivity contribution in [2.24, 2.45) is 0 Å². The number of rotatable bonds is 8. The van der Waals surface area contributed by atoms with Crippen molar-refractivity contribution >= 4 is 0 Å². The zero-order chi connectivity index (χ0) is 13.4. The minimum absolute atomic E-state index is 0.333. The Balaban J connectivity index is 2.98. The highest BCUT2D eigenvalue weighted by Crippen LogP contribution is 2.31. The maximum atomic E-state index is 5.46. The molecule has 0 aliphatic rings. The third kappa shape index (κ3) is 3.91. The first-order valence-electron chi connectivity index (χ1n) is 6.72. The molecular weight excluding hydrogens is 226 g/mol. The summed E-state index contributed by atoms with van der Waals surface area (Å²) in [6, 6.07) is 6.32. The van der Waals surface area contributed by atoms with Crippen LogP contribution in [0.3, 0.4) is 0 Å². The van der Waals surface area contributed by atoms with Gasteiger partial charge in [0.25, 0.3) is 0 Å². The van der Waals surface area contributed by atoms with Crippen LogP contribution < -0.4 is 14.8 Å². The van der Waals surface area contributed by atoms with Crippen molar-refractivity contribution < 1.29 is 9.47 Å². The van der Waals surface area contributed by atoms with Crippen molar-refractivity contribution in [2.75, 3.05) is 20.8 Å². The van der Waals surface area contributed by atoms with Crippen LogP contribution in [0.15, 0.2) is 18.2 Å². The van der Waals surface area contributed by atoms with Crippen LogP contribution >= 0.6 is 0 Å². The van der Waals surface area contributed by atoms with Gasteiger partial charge in [-0.1, -0.05) is 26.7 Å². The van der Waals surface area contributed by atoms with Crippen LogP contribution in [0.25, 0.3) is 0 Å². The molecule has 0 saturated carbocycles. The zero-order valence-electron chi connectivity index (χ0n) is 12.0. The van der Waals surface area contributed by atoms with E-state index in [9.17, 15) is 0 Å². The first-order chi connectivity index (χ1) is 8.76. The van der Waals surface area contributed by atoms with Gasteiger partial charge in [-0.3, -0.25) is 0 Å². The number of methoxy groups -OCH3 is 2. The van der Waals surface area contributed by atoms with Gasteiger partial charge in [-0.05, 0) is 31.2 Å². The monoisotopic (exact) mass is 251 g/mol. The van der Waals surface area contributed by atoms with E-state index >= 15 is 0 Å². The Labute approximate surface area is 110 Å². The molecule has 1 aromatic rings. The highest BCUT2D eigenvalue weighted by atomic mass is 16.5. The van der Waals surface area contributed by atoms with E-state index in [2.05, 4.69) is 25.2 Å². The second-order valence-electron chi connectivity index (χ2n) is 4.36. The summed E-state index contributed by atoms with van der Waals surface area (Å²) in [4.78, 5) is 0. The van der Waals surface area contributed by atoms with E-state index in [1.807, 2.05) is 12.1 Å². The normalized spacial score (nSPS) is 12.2. The maximum Gasteiger partial charge on any atom is 0.123 e. The average molecular weight is 251 g/mol. The Morgan fingerprint density at radius 2 is 1.94 bits per heavy atom. The molecule has 1 atom stereocenters. The Kier molecular flexibility index (Phi) is 6.58. The third-order valence-corrected chi connectivity index (χ3v) is 3.11. The molecule has 0 radical (unpaired) electrons. The summed E-state index contributed by atoms with van der Waals surface area (Å²) in [7, 11) is 3.41. The lowest BCUT2D eigenvalue weighted by molar-refractivity contribution is 0.385. The van der Waals surface area contributed by atoms with Crippen molar-refractivity contribution in [1.29, 1.82) is 0 Å². The molecule has 18 heavy (non-hydrogen) atoms. The highest BCUT2D eigenvalue weighted by molar-refractivity contribution is 5.42. The molecule has 1 N–H and O–H groups in total. The summed E-state index contributed by atoms with van der Waals surface area (Å²) in [5.41, 5.74) is 1.19.